The number of anilines is 1. The standard InChI is InChI=1S/C23H18Cl2N4O2/c24-16-11-9-15(10-12-16)23(31)26-13-21-27-19-7-3-4-8-20(19)29(21)14-22(30)28-18-6-2-1-5-17(18)25/h1-12H,13-14H2,(H,26,31)(H,28,30). The first-order chi connectivity index (χ1) is 15.0. The van der Waals surface area contributed by atoms with E-state index in [0.717, 1.165) is 11.0 Å². The molecule has 0 fully saturated rings. The van der Waals surface area contributed by atoms with Crippen LogP contribution < -0.4 is 10.6 Å². The van der Waals surface area contributed by atoms with E-state index in [9.17, 15) is 9.59 Å². The number of hydrogen-bond acceptors (Lipinski definition) is 3. The maximum Gasteiger partial charge on any atom is 0.251 e. The predicted octanol–water partition coefficient (Wildman–Crippen LogP) is 4.91. The van der Waals surface area contributed by atoms with Crippen molar-refractivity contribution in [2.75, 3.05) is 5.32 Å². The summed E-state index contributed by atoms with van der Waals surface area (Å²) in [5.74, 6) is 0.0649. The van der Waals surface area contributed by atoms with Gasteiger partial charge in [-0.2, -0.15) is 0 Å². The topological polar surface area (TPSA) is 76.0 Å². The first kappa shape index (κ1) is 20.9. The van der Waals surface area contributed by atoms with Crippen molar-refractivity contribution in [2.24, 2.45) is 0 Å². The van der Waals surface area contributed by atoms with Gasteiger partial charge in [0.25, 0.3) is 5.91 Å². The molecule has 0 aliphatic heterocycles. The van der Waals surface area contributed by atoms with E-state index in [1.165, 1.54) is 0 Å². The van der Waals surface area contributed by atoms with E-state index < -0.39 is 0 Å². The summed E-state index contributed by atoms with van der Waals surface area (Å²) in [7, 11) is 0. The Balaban J connectivity index is 1.54. The highest BCUT2D eigenvalue weighted by Gasteiger charge is 2.15. The minimum absolute atomic E-state index is 0.0257. The number of imidazole rings is 1. The van der Waals surface area contributed by atoms with Crippen molar-refractivity contribution >= 4 is 51.7 Å². The van der Waals surface area contributed by atoms with Gasteiger partial charge in [0.2, 0.25) is 5.91 Å². The van der Waals surface area contributed by atoms with Gasteiger partial charge in [-0.15, -0.1) is 0 Å². The summed E-state index contributed by atoms with van der Waals surface area (Å²) in [4.78, 5) is 29.8. The summed E-state index contributed by atoms with van der Waals surface area (Å²) in [5, 5.41) is 6.69. The van der Waals surface area contributed by atoms with Gasteiger partial charge >= 0.3 is 0 Å². The number of aromatic nitrogens is 2. The van der Waals surface area contributed by atoms with Crippen LogP contribution in [-0.4, -0.2) is 21.4 Å². The number of halogens is 2. The molecule has 0 radical (unpaired) electrons. The van der Waals surface area contributed by atoms with Gasteiger partial charge in [-0.25, -0.2) is 4.98 Å². The number of hydrogen-bond donors (Lipinski definition) is 2. The zero-order valence-electron chi connectivity index (χ0n) is 16.3. The van der Waals surface area contributed by atoms with Gasteiger partial charge in [0.15, 0.2) is 0 Å². The largest absolute Gasteiger partial charge is 0.345 e. The fourth-order valence-corrected chi connectivity index (χ4v) is 3.50. The Morgan fingerprint density at radius 1 is 0.903 bits per heavy atom. The minimum Gasteiger partial charge on any atom is -0.345 e. The van der Waals surface area contributed by atoms with Gasteiger partial charge in [0, 0.05) is 10.6 Å². The van der Waals surface area contributed by atoms with Gasteiger partial charge in [0.1, 0.15) is 12.4 Å². The van der Waals surface area contributed by atoms with Crippen LogP contribution in [0.4, 0.5) is 5.69 Å². The van der Waals surface area contributed by atoms with Crippen LogP contribution in [0.2, 0.25) is 10.0 Å². The molecule has 3 aromatic carbocycles. The van der Waals surface area contributed by atoms with Gasteiger partial charge in [0.05, 0.1) is 28.3 Å². The molecule has 31 heavy (non-hydrogen) atoms. The molecule has 4 rings (SSSR count). The van der Waals surface area contributed by atoms with Crippen molar-refractivity contribution in [3.8, 4) is 0 Å². The molecular weight excluding hydrogens is 435 g/mol. The molecule has 0 aliphatic carbocycles. The van der Waals surface area contributed by atoms with E-state index in [1.807, 2.05) is 24.3 Å². The predicted molar refractivity (Wildman–Crippen MR) is 122 cm³/mol. The molecule has 1 heterocycles. The molecular formula is C23H18Cl2N4O2. The van der Waals surface area contributed by atoms with Crippen LogP contribution in [0, 0.1) is 0 Å². The zero-order chi connectivity index (χ0) is 21.8. The van der Waals surface area contributed by atoms with Crippen molar-refractivity contribution in [2.45, 2.75) is 13.1 Å². The van der Waals surface area contributed by atoms with Crippen LogP contribution in [0.1, 0.15) is 16.2 Å². The highest BCUT2D eigenvalue weighted by atomic mass is 35.5. The van der Waals surface area contributed by atoms with Gasteiger partial charge in [-0.3, -0.25) is 9.59 Å². The Kier molecular flexibility index (Phi) is 6.21. The molecule has 1 aromatic heterocycles. The molecule has 8 heteroatoms. The summed E-state index contributed by atoms with van der Waals surface area (Å²) in [6, 6.07) is 21.2. The van der Waals surface area contributed by atoms with Crippen molar-refractivity contribution < 1.29 is 9.59 Å². The number of carbonyl (C=O) groups is 2. The number of fused-ring (bicyclic) bond motifs is 1. The average molecular weight is 453 g/mol. The highest BCUT2D eigenvalue weighted by molar-refractivity contribution is 6.33. The van der Waals surface area contributed by atoms with Crippen LogP contribution in [0.3, 0.4) is 0 Å². The molecule has 6 nitrogen and oxygen atoms in total. The lowest BCUT2D eigenvalue weighted by atomic mass is 10.2. The normalized spacial score (nSPS) is 10.8. The van der Waals surface area contributed by atoms with Gasteiger partial charge in [-0.1, -0.05) is 47.5 Å². The van der Waals surface area contributed by atoms with E-state index in [1.54, 1.807) is 53.1 Å². The quantitative estimate of drug-likeness (QED) is 0.436. The van der Waals surface area contributed by atoms with E-state index in [4.69, 9.17) is 23.2 Å². The molecule has 0 saturated heterocycles. The Morgan fingerprint density at radius 2 is 1.61 bits per heavy atom. The number of carbonyl (C=O) groups excluding carboxylic acids is 2. The number of amides is 2. The van der Waals surface area contributed by atoms with Crippen molar-refractivity contribution in [1.82, 2.24) is 14.9 Å². The number of rotatable bonds is 6. The Morgan fingerprint density at radius 3 is 2.39 bits per heavy atom. The number of para-hydroxylation sites is 3. The second kappa shape index (κ2) is 9.20. The first-order valence-electron chi connectivity index (χ1n) is 9.53. The van der Waals surface area contributed by atoms with Crippen LogP contribution in [0.25, 0.3) is 11.0 Å². The third kappa shape index (κ3) is 4.87. The summed E-state index contributed by atoms with van der Waals surface area (Å²) in [5.41, 5.74) is 2.57. The number of benzene rings is 3. The van der Waals surface area contributed by atoms with Crippen molar-refractivity contribution in [3.05, 3.63) is 94.2 Å². The molecule has 0 aliphatic rings. The molecule has 0 bridgehead atoms. The molecule has 0 spiro atoms. The maximum atomic E-state index is 12.7. The van der Waals surface area contributed by atoms with E-state index in [-0.39, 0.29) is 24.9 Å². The van der Waals surface area contributed by atoms with Gasteiger partial charge in [-0.05, 0) is 48.5 Å². The Hall–Kier alpha value is -3.35. The molecule has 0 atom stereocenters. The molecule has 4 aromatic rings. The number of nitrogens with one attached hydrogen (secondary N) is 2. The summed E-state index contributed by atoms with van der Waals surface area (Å²) in [6.07, 6.45) is 0. The second-order valence-electron chi connectivity index (χ2n) is 6.82. The minimum atomic E-state index is -0.254. The molecule has 2 N–H and O–H groups in total. The van der Waals surface area contributed by atoms with E-state index in [0.29, 0.717) is 27.1 Å². The smallest absolute Gasteiger partial charge is 0.251 e. The summed E-state index contributed by atoms with van der Waals surface area (Å²) >= 11 is 12.0. The SMILES string of the molecule is O=C(Cn1c(CNC(=O)c2ccc(Cl)cc2)nc2ccccc21)Nc1ccccc1Cl. The van der Waals surface area contributed by atoms with Crippen molar-refractivity contribution in [3.63, 3.8) is 0 Å². The van der Waals surface area contributed by atoms with Gasteiger partial charge < -0.3 is 15.2 Å². The van der Waals surface area contributed by atoms with E-state index in [2.05, 4.69) is 15.6 Å². The lowest BCUT2D eigenvalue weighted by Crippen LogP contribution is -2.26. The monoisotopic (exact) mass is 452 g/mol. The second-order valence-corrected chi connectivity index (χ2v) is 7.66. The lowest BCUT2D eigenvalue weighted by Gasteiger charge is -2.11. The van der Waals surface area contributed by atoms with Crippen LogP contribution in [0.5, 0.6) is 0 Å². The molecule has 0 unspecified atom stereocenters. The zero-order valence-corrected chi connectivity index (χ0v) is 17.8. The fourth-order valence-electron chi connectivity index (χ4n) is 3.20. The van der Waals surface area contributed by atoms with Crippen LogP contribution in [-0.2, 0) is 17.9 Å². The van der Waals surface area contributed by atoms with Crippen LogP contribution >= 0.6 is 23.2 Å². The third-order valence-corrected chi connectivity index (χ3v) is 5.28. The number of nitrogens with zero attached hydrogens (tertiary/aromatic N) is 2. The summed E-state index contributed by atoms with van der Waals surface area (Å²) in [6.45, 7) is 0.188. The third-order valence-electron chi connectivity index (χ3n) is 4.70. The first-order valence-corrected chi connectivity index (χ1v) is 10.3. The molecule has 0 saturated carbocycles. The van der Waals surface area contributed by atoms with E-state index >= 15 is 0 Å². The maximum absolute atomic E-state index is 12.7. The summed E-state index contributed by atoms with van der Waals surface area (Å²) < 4.78 is 1.78. The molecule has 2 amide bonds. The fraction of sp³-hybridized carbons (Fsp3) is 0.0870. The molecule has 156 valence electrons. The Bertz CT molecular complexity index is 1250. The Labute approximate surface area is 188 Å². The lowest BCUT2D eigenvalue weighted by molar-refractivity contribution is -0.116. The highest BCUT2D eigenvalue weighted by Crippen LogP contribution is 2.21. The average Bonchev–Trinajstić information content (AvgIpc) is 3.11. The van der Waals surface area contributed by atoms with Crippen LogP contribution in [0.15, 0.2) is 72.8 Å². The van der Waals surface area contributed by atoms with Crippen molar-refractivity contribution in [1.29, 1.82) is 0 Å².